The third kappa shape index (κ3) is 4.70. The number of hydrogen-bond donors (Lipinski definition) is 3. The van der Waals surface area contributed by atoms with Crippen molar-refractivity contribution in [2.24, 2.45) is 5.73 Å². The van der Waals surface area contributed by atoms with E-state index in [2.05, 4.69) is 30.6 Å². The Hall–Kier alpha value is -4.33. The van der Waals surface area contributed by atoms with Gasteiger partial charge in [-0.1, -0.05) is 0 Å². The monoisotopic (exact) mass is 433 g/mol. The lowest BCUT2D eigenvalue weighted by atomic mass is 10.0. The minimum atomic E-state index is -1.23. The summed E-state index contributed by atoms with van der Waals surface area (Å²) in [7, 11) is 0. The van der Waals surface area contributed by atoms with Gasteiger partial charge in [-0.2, -0.15) is 5.26 Å². The van der Waals surface area contributed by atoms with E-state index in [-0.39, 0.29) is 12.1 Å². The molecule has 0 bridgehead atoms. The molecule has 0 aliphatic carbocycles. The van der Waals surface area contributed by atoms with Crippen molar-refractivity contribution in [3.63, 3.8) is 0 Å². The van der Waals surface area contributed by atoms with Gasteiger partial charge in [0.2, 0.25) is 0 Å². The van der Waals surface area contributed by atoms with E-state index in [0.29, 0.717) is 41.7 Å². The number of nitriles is 1. The standard InChI is InChI=1S/C21H20FN9O/c22-15-11-31(20-2-1-13(8-23)9-27-20)6-4-16(15)29-17-7-19(26-10-14(17)21(24)32)30-18-3-5-25-12-28-18/h1-3,5,7,9-10,12,15-16H,4,6,11H2,(H2,24,32)(H2,25,26,28,29,30)/t15-,16-/m1/s1. The topological polar surface area (TPSA) is 146 Å². The molecule has 4 rings (SSSR count). The molecule has 0 spiro atoms. The quantitative estimate of drug-likeness (QED) is 0.531. The molecule has 0 aromatic carbocycles. The molecule has 1 aliphatic heterocycles. The van der Waals surface area contributed by atoms with E-state index in [4.69, 9.17) is 11.0 Å². The first kappa shape index (κ1) is 20.9. The Labute approximate surface area is 183 Å². The van der Waals surface area contributed by atoms with Crippen molar-refractivity contribution in [1.82, 2.24) is 19.9 Å². The summed E-state index contributed by atoms with van der Waals surface area (Å²) in [6.07, 6.45) is 5.03. The van der Waals surface area contributed by atoms with Crippen LogP contribution in [0.2, 0.25) is 0 Å². The van der Waals surface area contributed by atoms with Crippen molar-refractivity contribution in [2.75, 3.05) is 28.6 Å². The molecule has 0 unspecified atom stereocenters. The minimum absolute atomic E-state index is 0.125. The Balaban J connectivity index is 1.48. The van der Waals surface area contributed by atoms with Crippen molar-refractivity contribution in [1.29, 1.82) is 5.26 Å². The number of anilines is 4. The van der Waals surface area contributed by atoms with Gasteiger partial charge in [0, 0.05) is 31.2 Å². The lowest BCUT2D eigenvalue weighted by molar-refractivity contribution is 0.100. The molecule has 1 amide bonds. The summed E-state index contributed by atoms with van der Waals surface area (Å²) < 4.78 is 15.0. The van der Waals surface area contributed by atoms with E-state index in [9.17, 15) is 4.79 Å². The molecule has 0 saturated carbocycles. The molecular formula is C21H20FN9O. The molecule has 162 valence electrons. The van der Waals surface area contributed by atoms with Gasteiger partial charge in [0.15, 0.2) is 0 Å². The Morgan fingerprint density at radius 1 is 1.22 bits per heavy atom. The lowest BCUT2D eigenvalue weighted by Crippen LogP contribution is -2.48. The number of nitrogens with two attached hydrogens (primary N) is 1. The number of carbonyl (C=O) groups is 1. The summed E-state index contributed by atoms with van der Waals surface area (Å²) in [5.74, 6) is 0.897. The van der Waals surface area contributed by atoms with Gasteiger partial charge in [-0.3, -0.25) is 4.79 Å². The summed E-state index contributed by atoms with van der Waals surface area (Å²) in [5.41, 5.74) is 6.49. The number of rotatable bonds is 6. The van der Waals surface area contributed by atoms with Crippen LogP contribution in [0.1, 0.15) is 22.3 Å². The Morgan fingerprint density at radius 3 is 2.75 bits per heavy atom. The van der Waals surface area contributed by atoms with Gasteiger partial charge in [0.1, 0.15) is 36.0 Å². The second-order valence-electron chi connectivity index (χ2n) is 7.22. The van der Waals surface area contributed by atoms with Crippen LogP contribution < -0.4 is 21.3 Å². The first-order chi connectivity index (χ1) is 15.5. The van der Waals surface area contributed by atoms with Gasteiger partial charge in [0.05, 0.1) is 29.4 Å². The van der Waals surface area contributed by atoms with E-state index in [1.807, 2.05) is 11.0 Å². The third-order valence-electron chi connectivity index (χ3n) is 5.09. The van der Waals surface area contributed by atoms with Crippen LogP contribution in [-0.4, -0.2) is 51.1 Å². The van der Waals surface area contributed by atoms with Crippen LogP contribution in [0.15, 0.2) is 49.2 Å². The number of alkyl halides is 1. The number of aromatic nitrogens is 4. The minimum Gasteiger partial charge on any atom is -0.378 e. The Kier molecular flexibility index (Phi) is 6.03. The zero-order valence-electron chi connectivity index (χ0n) is 16.9. The van der Waals surface area contributed by atoms with Crippen molar-refractivity contribution in [2.45, 2.75) is 18.6 Å². The van der Waals surface area contributed by atoms with E-state index in [1.54, 1.807) is 30.5 Å². The number of nitrogens with one attached hydrogen (secondary N) is 2. The molecule has 1 fully saturated rings. The average Bonchev–Trinajstić information content (AvgIpc) is 2.81. The maximum Gasteiger partial charge on any atom is 0.252 e. The number of primary amides is 1. The molecular weight excluding hydrogens is 413 g/mol. The van der Waals surface area contributed by atoms with Crippen molar-refractivity contribution in [3.05, 3.63) is 60.3 Å². The second-order valence-corrected chi connectivity index (χ2v) is 7.22. The zero-order valence-corrected chi connectivity index (χ0v) is 16.9. The van der Waals surface area contributed by atoms with Gasteiger partial charge < -0.3 is 21.3 Å². The predicted octanol–water partition coefficient (Wildman–Crippen LogP) is 2.01. The van der Waals surface area contributed by atoms with E-state index >= 15 is 4.39 Å². The molecule has 2 atom stereocenters. The first-order valence-electron chi connectivity index (χ1n) is 9.88. The summed E-state index contributed by atoms with van der Waals surface area (Å²) in [6, 6.07) is 8.11. The smallest absolute Gasteiger partial charge is 0.252 e. The number of amides is 1. The molecule has 32 heavy (non-hydrogen) atoms. The SMILES string of the molecule is N#Cc1ccc(N2CC[C@@H](Nc3cc(Nc4ccncn4)ncc3C(N)=O)[C@H](F)C2)nc1. The van der Waals surface area contributed by atoms with Gasteiger partial charge in [-0.05, 0) is 24.6 Å². The maximum atomic E-state index is 15.0. The number of hydrogen-bond acceptors (Lipinski definition) is 9. The largest absolute Gasteiger partial charge is 0.378 e. The van der Waals surface area contributed by atoms with Gasteiger partial charge >= 0.3 is 0 Å². The van der Waals surface area contributed by atoms with Crippen molar-refractivity contribution in [3.8, 4) is 6.07 Å². The highest BCUT2D eigenvalue weighted by Crippen LogP contribution is 2.26. The van der Waals surface area contributed by atoms with Gasteiger partial charge in [-0.25, -0.2) is 24.3 Å². The highest BCUT2D eigenvalue weighted by molar-refractivity contribution is 5.98. The summed E-state index contributed by atoms with van der Waals surface area (Å²) in [6.45, 7) is 0.680. The van der Waals surface area contributed by atoms with Crippen molar-refractivity contribution < 1.29 is 9.18 Å². The average molecular weight is 433 g/mol. The Bertz CT molecular complexity index is 1130. The fraction of sp³-hybridized carbons (Fsp3) is 0.238. The highest BCUT2D eigenvalue weighted by atomic mass is 19.1. The maximum absolute atomic E-state index is 15.0. The molecule has 4 heterocycles. The predicted molar refractivity (Wildman–Crippen MR) is 116 cm³/mol. The lowest BCUT2D eigenvalue weighted by Gasteiger charge is -2.36. The normalized spacial score (nSPS) is 17.9. The van der Waals surface area contributed by atoms with Crippen LogP contribution in [-0.2, 0) is 0 Å². The van der Waals surface area contributed by atoms with Crippen LogP contribution in [0.5, 0.6) is 0 Å². The van der Waals surface area contributed by atoms with Crippen LogP contribution >= 0.6 is 0 Å². The molecule has 3 aromatic heterocycles. The second kappa shape index (κ2) is 9.22. The zero-order chi connectivity index (χ0) is 22.5. The first-order valence-corrected chi connectivity index (χ1v) is 9.88. The van der Waals surface area contributed by atoms with Crippen LogP contribution in [0.25, 0.3) is 0 Å². The Morgan fingerprint density at radius 2 is 2.09 bits per heavy atom. The number of pyridine rings is 2. The van der Waals surface area contributed by atoms with Crippen LogP contribution in [0, 0.1) is 11.3 Å². The van der Waals surface area contributed by atoms with Crippen molar-refractivity contribution >= 4 is 29.0 Å². The molecule has 0 radical (unpaired) electrons. The van der Waals surface area contributed by atoms with Crippen LogP contribution in [0.4, 0.5) is 27.5 Å². The molecule has 3 aromatic rings. The molecule has 1 saturated heterocycles. The third-order valence-corrected chi connectivity index (χ3v) is 5.09. The highest BCUT2D eigenvalue weighted by Gasteiger charge is 2.30. The molecule has 11 heteroatoms. The molecule has 4 N–H and O–H groups in total. The van der Waals surface area contributed by atoms with Crippen LogP contribution in [0.3, 0.4) is 0 Å². The molecule has 10 nitrogen and oxygen atoms in total. The van der Waals surface area contributed by atoms with E-state index in [1.165, 1.54) is 18.7 Å². The van der Waals surface area contributed by atoms with E-state index < -0.39 is 18.1 Å². The fourth-order valence-electron chi connectivity index (χ4n) is 3.45. The number of halogens is 1. The van der Waals surface area contributed by atoms with Gasteiger partial charge in [0.25, 0.3) is 5.91 Å². The number of piperidine rings is 1. The van der Waals surface area contributed by atoms with Gasteiger partial charge in [-0.15, -0.1) is 0 Å². The summed E-state index contributed by atoms with van der Waals surface area (Å²) in [4.78, 5) is 30.0. The number of nitrogens with zero attached hydrogens (tertiary/aromatic N) is 6. The van der Waals surface area contributed by atoms with E-state index in [0.717, 1.165) is 0 Å². The molecule has 1 aliphatic rings. The summed E-state index contributed by atoms with van der Waals surface area (Å²) in [5, 5.41) is 15.0. The fourth-order valence-corrected chi connectivity index (χ4v) is 3.45. The summed E-state index contributed by atoms with van der Waals surface area (Å²) >= 11 is 0. The number of carbonyl (C=O) groups excluding carboxylic acids is 1.